The van der Waals surface area contributed by atoms with Gasteiger partial charge in [0.1, 0.15) is 47.4 Å². The zero-order valence-electron chi connectivity index (χ0n) is 24.6. The third-order valence-corrected chi connectivity index (χ3v) is 10.1. The van der Waals surface area contributed by atoms with E-state index in [1.807, 2.05) is 0 Å². The highest BCUT2D eigenvalue weighted by Crippen LogP contribution is 2.43. The summed E-state index contributed by atoms with van der Waals surface area (Å²) < 4.78 is 69.1. The first-order valence-corrected chi connectivity index (χ1v) is 15.7. The number of aromatic nitrogens is 3. The van der Waals surface area contributed by atoms with E-state index < -0.39 is 29.7 Å². The van der Waals surface area contributed by atoms with E-state index in [4.69, 9.17) is 14.5 Å². The van der Waals surface area contributed by atoms with Crippen LogP contribution >= 0.6 is 0 Å². The van der Waals surface area contributed by atoms with Crippen molar-refractivity contribution in [1.82, 2.24) is 25.2 Å². The molecule has 0 radical (unpaired) electrons. The number of alkyl halides is 1. The second-order valence-corrected chi connectivity index (χ2v) is 13.1. The molecular weight excluding hydrogens is 592 g/mol. The number of anilines is 1. The minimum absolute atomic E-state index is 0.00380. The van der Waals surface area contributed by atoms with Gasteiger partial charge < -0.3 is 24.8 Å². The lowest BCUT2D eigenvalue weighted by molar-refractivity contribution is 0.107. The van der Waals surface area contributed by atoms with Crippen molar-refractivity contribution in [3.05, 3.63) is 41.9 Å². The highest BCUT2D eigenvalue weighted by molar-refractivity contribution is 5.92. The van der Waals surface area contributed by atoms with E-state index in [0.29, 0.717) is 49.3 Å². The number of fused-ring (bicyclic) bond motifs is 4. The van der Waals surface area contributed by atoms with Crippen LogP contribution in [0.5, 0.6) is 17.5 Å². The summed E-state index contributed by atoms with van der Waals surface area (Å²) in [4.78, 5) is 18.0. The first-order valence-electron chi connectivity index (χ1n) is 15.7. The topological polar surface area (TPSA) is 95.9 Å². The third kappa shape index (κ3) is 5.13. The molecular formula is C32H34F4N6O3. The number of phenolic OH excluding ortho intramolecular Hbond substituents is 1. The number of nitrogens with one attached hydrogen (secondary N) is 1. The number of nitrogens with zero attached hydrogens (tertiary/aromatic N) is 5. The molecule has 5 aliphatic rings. The minimum atomic E-state index is -1.70. The van der Waals surface area contributed by atoms with Crippen LogP contribution in [0.2, 0.25) is 0 Å². The van der Waals surface area contributed by atoms with Crippen LogP contribution in [-0.4, -0.2) is 87.6 Å². The molecule has 8 rings (SSSR count). The largest absolute Gasteiger partial charge is 0.508 e. The van der Waals surface area contributed by atoms with Crippen LogP contribution in [0.3, 0.4) is 0 Å². The molecule has 45 heavy (non-hydrogen) atoms. The average molecular weight is 627 g/mol. The molecule has 2 N–H and O–H groups in total. The van der Waals surface area contributed by atoms with Crippen LogP contribution in [0.1, 0.15) is 44.9 Å². The molecule has 2 bridgehead atoms. The van der Waals surface area contributed by atoms with Crippen molar-refractivity contribution in [2.24, 2.45) is 0 Å². The lowest BCUT2D eigenvalue weighted by Crippen LogP contribution is -2.51. The SMILES string of the molecule is Oc1ccc(OC2CC(=C(F)F)C2)c(-c2ncc3c(N4CC5CCC(C4)N5)nc(OC[C@@]45CCCN4C[C@H](F)C5)nc3c2F)c1. The molecule has 4 saturated heterocycles. The summed E-state index contributed by atoms with van der Waals surface area (Å²) in [5.41, 5.74) is -0.315. The van der Waals surface area contributed by atoms with Gasteiger partial charge in [0.25, 0.3) is 6.08 Å². The fraction of sp³-hybridized carbons (Fsp3) is 0.531. The molecule has 4 aliphatic heterocycles. The van der Waals surface area contributed by atoms with Crippen molar-refractivity contribution in [3.8, 4) is 28.8 Å². The number of ether oxygens (including phenoxy) is 2. The van der Waals surface area contributed by atoms with Gasteiger partial charge in [0, 0.05) is 68.3 Å². The van der Waals surface area contributed by atoms with Crippen LogP contribution in [0.15, 0.2) is 36.0 Å². The lowest BCUT2D eigenvalue weighted by atomic mass is 9.89. The summed E-state index contributed by atoms with van der Waals surface area (Å²) in [5.74, 6) is -0.136. The van der Waals surface area contributed by atoms with Crippen LogP contribution in [-0.2, 0) is 0 Å². The number of pyridine rings is 1. The second-order valence-electron chi connectivity index (χ2n) is 13.1. The number of rotatable bonds is 7. The highest BCUT2D eigenvalue weighted by Gasteiger charge is 2.49. The molecule has 3 aromatic rings. The number of aromatic hydroxyl groups is 1. The Kier molecular flexibility index (Phi) is 7.01. The highest BCUT2D eigenvalue weighted by atomic mass is 19.3. The first kappa shape index (κ1) is 28.7. The molecule has 238 valence electrons. The summed E-state index contributed by atoms with van der Waals surface area (Å²) >= 11 is 0. The summed E-state index contributed by atoms with van der Waals surface area (Å²) in [6.45, 7) is 2.78. The number of hydrogen-bond donors (Lipinski definition) is 2. The van der Waals surface area contributed by atoms with Gasteiger partial charge in [-0.15, -0.1) is 0 Å². The fourth-order valence-corrected chi connectivity index (χ4v) is 7.85. The maximum atomic E-state index is 16.6. The van der Waals surface area contributed by atoms with Gasteiger partial charge in [0.2, 0.25) is 0 Å². The average Bonchev–Trinajstić information content (AvgIpc) is 3.64. The van der Waals surface area contributed by atoms with Gasteiger partial charge in [-0.2, -0.15) is 18.7 Å². The van der Waals surface area contributed by atoms with Crippen molar-refractivity contribution in [3.63, 3.8) is 0 Å². The van der Waals surface area contributed by atoms with E-state index in [1.54, 1.807) is 0 Å². The Hall–Kier alpha value is -3.71. The smallest absolute Gasteiger partial charge is 0.319 e. The molecule has 4 atom stereocenters. The number of hydrogen-bond acceptors (Lipinski definition) is 9. The number of phenols is 1. The lowest BCUT2D eigenvalue weighted by Gasteiger charge is -2.34. The van der Waals surface area contributed by atoms with E-state index in [1.165, 1.54) is 24.4 Å². The molecule has 13 heteroatoms. The van der Waals surface area contributed by atoms with Gasteiger partial charge in [0.05, 0.1) is 10.9 Å². The molecule has 0 spiro atoms. The summed E-state index contributed by atoms with van der Waals surface area (Å²) in [5, 5.41) is 14.3. The van der Waals surface area contributed by atoms with Crippen molar-refractivity contribution in [2.45, 2.75) is 74.8 Å². The zero-order valence-corrected chi connectivity index (χ0v) is 24.6. The van der Waals surface area contributed by atoms with Crippen LogP contribution in [0.4, 0.5) is 23.4 Å². The molecule has 6 heterocycles. The molecule has 2 unspecified atom stereocenters. The van der Waals surface area contributed by atoms with Crippen molar-refractivity contribution in [1.29, 1.82) is 0 Å². The third-order valence-electron chi connectivity index (χ3n) is 10.1. The summed E-state index contributed by atoms with van der Waals surface area (Å²) in [6.07, 6.45) is 2.80. The van der Waals surface area contributed by atoms with Crippen molar-refractivity contribution < 1.29 is 32.1 Å². The van der Waals surface area contributed by atoms with Crippen molar-refractivity contribution in [2.75, 3.05) is 37.7 Å². The maximum Gasteiger partial charge on any atom is 0.319 e. The molecule has 2 aromatic heterocycles. The molecule has 1 saturated carbocycles. The number of piperazine rings is 1. The molecule has 0 amide bonds. The Balaban J connectivity index is 1.18. The summed E-state index contributed by atoms with van der Waals surface area (Å²) in [7, 11) is 0. The molecule has 9 nitrogen and oxygen atoms in total. The Bertz CT molecular complexity index is 1670. The number of benzene rings is 1. The van der Waals surface area contributed by atoms with Gasteiger partial charge in [-0.25, -0.2) is 8.78 Å². The zero-order chi connectivity index (χ0) is 30.9. The number of halogens is 4. The van der Waals surface area contributed by atoms with Gasteiger partial charge in [0.15, 0.2) is 5.82 Å². The summed E-state index contributed by atoms with van der Waals surface area (Å²) in [6, 6.07) is 4.81. The monoisotopic (exact) mass is 626 g/mol. The molecule has 1 aliphatic carbocycles. The van der Waals surface area contributed by atoms with Crippen molar-refractivity contribution >= 4 is 16.7 Å². The Labute approximate surface area is 257 Å². The Morgan fingerprint density at radius 3 is 2.69 bits per heavy atom. The van der Waals surface area contributed by atoms with Gasteiger partial charge in [-0.1, -0.05) is 0 Å². The van der Waals surface area contributed by atoms with E-state index in [0.717, 1.165) is 32.2 Å². The van der Waals surface area contributed by atoms with E-state index in [-0.39, 0.29) is 59.3 Å². The standard InChI is InChI=1S/C32H34F4N6O3/c33-18-11-32(6-1-7-42(32)13-18)16-44-31-39-28-24(30(40-31)41-14-19-2-3-20(15-41)38-19)12-37-27(26(28)34)23-10-21(43)4-5-25(23)45-22-8-17(9-22)29(35)36/h4-5,10,12,18-20,22,38,43H,1-3,6-9,11,13-16H2/t18-,19?,20?,32+/m1/s1. The van der Waals surface area contributed by atoms with E-state index in [9.17, 15) is 18.3 Å². The van der Waals surface area contributed by atoms with Gasteiger partial charge >= 0.3 is 6.01 Å². The van der Waals surface area contributed by atoms with E-state index in [2.05, 4.69) is 25.1 Å². The van der Waals surface area contributed by atoms with Gasteiger partial charge in [-0.05, 0) is 50.4 Å². The van der Waals surface area contributed by atoms with Crippen LogP contribution in [0, 0.1) is 5.82 Å². The van der Waals surface area contributed by atoms with E-state index >= 15 is 4.39 Å². The minimum Gasteiger partial charge on any atom is -0.508 e. The predicted octanol–water partition coefficient (Wildman–Crippen LogP) is 5.12. The van der Waals surface area contributed by atoms with Crippen LogP contribution < -0.4 is 19.7 Å². The fourth-order valence-electron chi connectivity index (χ4n) is 7.85. The van der Waals surface area contributed by atoms with Gasteiger partial charge in [-0.3, -0.25) is 9.88 Å². The maximum absolute atomic E-state index is 16.6. The molecule has 1 aromatic carbocycles. The Morgan fingerprint density at radius 2 is 1.91 bits per heavy atom. The van der Waals surface area contributed by atoms with Crippen LogP contribution in [0.25, 0.3) is 22.2 Å². The predicted molar refractivity (Wildman–Crippen MR) is 158 cm³/mol. The first-order chi connectivity index (χ1) is 21.7. The quantitative estimate of drug-likeness (QED) is 0.347. The second kappa shape index (κ2) is 11.0. The normalized spacial score (nSPS) is 29.2. The Morgan fingerprint density at radius 1 is 1.11 bits per heavy atom. The molecule has 5 fully saturated rings.